The Morgan fingerprint density at radius 3 is 2.50 bits per heavy atom. The van der Waals surface area contributed by atoms with Crippen LogP contribution < -0.4 is 4.72 Å². The van der Waals surface area contributed by atoms with Gasteiger partial charge in [-0.25, -0.2) is 0 Å². The number of hydrogen-bond donors (Lipinski definition) is 1. The largest absolute Gasteiger partial charge is 0.459 e. The predicted octanol–water partition coefficient (Wildman–Crippen LogP) is 1.28. The second-order valence-corrected chi connectivity index (χ2v) is 8.19. The molecule has 0 aromatic rings. The van der Waals surface area contributed by atoms with E-state index in [1.165, 1.54) is 11.2 Å². The summed E-state index contributed by atoms with van der Waals surface area (Å²) in [6.45, 7) is 9.77. The molecule has 2 atom stereocenters. The lowest BCUT2D eigenvalue weighted by Gasteiger charge is -2.31. The Kier molecular flexibility index (Phi) is 5.57. The summed E-state index contributed by atoms with van der Waals surface area (Å²) in [7, 11) is -3.63. The maximum atomic E-state index is 12.2. The summed E-state index contributed by atoms with van der Waals surface area (Å²) < 4.78 is 33.4. The molecule has 118 valence electrons. The smallest absolute Gasteiger partial charge is 0.324 e. The average molecular weight is 306 g/mol. The van der Waals surface area contributed by atoms with E-state index in [2.05, 4.69) is 4.72 Å². The highest BCUT2D eigenvalue weighted by Crippen LogP contribution is 2.18. The minimum absolute atomic E-state index is 0.345. The highest BCUT2D eigenvalue weighted by molar-refractivity contribution is 7.87. The van der Waals surface area contributed by atoms with Crippen LogP contribution in [0.3, 0.4) is 0 Å². The van der Waals surface area contributed by atoms with E-state index in [-0.39, 0.29) is 0 Å². The highest BCUT2D eigenvalue weighted by Gasteiger charge is 2.31. The fourth-order valence-corrected chi connectivity index (χ4v) is 3.61. The van der Waals surface area contributed by atoms with Crippen LogP contribution in [-0.4, -0.2) is 43.4 Å². The summed E-state index contributed by atoms with van der Waals surface area (Å²) in [5, 5.41) is 0. The van der Waals surface area contributed by atoms with Crippen molar-refractivity contribution < 1.29 is 17.9 Å². The van der Waals surface area contributed by atoms with Gasteiger partial charge >= 0.3 is 5.97 Å². The molecule has 0 spiro atoms. The van der Waals surface area contributed by atoms with Crippen LogP contribution in [0.15, 0.2) is 0 Å². The number of nitrogens with zero attached hydrogens (tertiary/aromatic N) is 1. The van der Waals surface area contributed by atoms with Crippen molar-refractivity contribution in [1.29, 1.82) is 0 Å². The monoisotopic (exact) mass is 306 g/mol. The molecule has 0 bridgehead atoms. The molecule has 0 aromatic carbocycles. The Morgan fingerprint density at radius 2 is 2.00 bits per heavy atom. The lowest BCUT2D eigenvalue weighted by atomic mass is 10.0. The topological polar surface area (TPSA) is 75.7 Å². The van der Waals surface area contributed by atoms with Crippen LogP contribution in [0.5, 0.6) is 0 Å². The van der Waals surface area contributed by atoms with Gasteiger partial charge in [0.25, 0.3) is 10.2 Å². The summed E-state index contributed by atoms with van der Waals surface area (Å²) in [6.07, 6.45) is 1.89. The highest BCUT2D eigenvalue weighted by atomic mass is 32.2. The number of carbonyl (C=O) groups excluding carboxylic acids is 1. The molecule has 1 aliphatic rings. The van der Waals surface area contributed by atoms with Crippen molar-refractivity contribution >= 4 is 16.2 Å². The fraction of sp³-hybridized carbons (Fsp3) is 0.923. The SMILES string of the molecule is CC1CCCN(S(=O)(=O)N[C@H](C)C(=O)OC(C)(C)C)C1. The number of nitrogens with one attached hydrogen (secondary N) is 1. The van der Waals surface area contributed by atoms with Crippen LogP contribution in [-0.2, 0) is 19.7 Å². The number of esters is 1. The Morgan fingerprint density at radius 1 is 1.40 bits per heavy atom. The van der Waals surface area contributed by atoms with Crippen molar-refractivity contribution in [1.82, 2.24) is 9.03 Å². The van der Waals surface area contributed by atoms with E-state index < -0.39 is 27.8 Å². The van der Waals surface area contributed by atoms with Gasteiger partial charge in [0.15, 0.2) is 0 Å². The summed E-state index contributed by atoms with van der Waals surface area (Å²) in [5.41, 5.74) is -0.629. The zero-order chi connectivity index (χ0) is 15.6. The Hall–Kier alpha value is -0.660. The molecule has 1 saturated heterocycles. The van der Waals surface area contributed by atoms with E-state index in [0.717, 1.165) is 12.8 Å². The van der Waals surface area contributed by atoms with E-state index in [9.17, 15) is 13.2 Å². The van der Waals surface area contributed by atoms with Crippen molar-refractivity contribution in [2.45, 2.75) is 59.1 Å². The molecule has 20 heavy (non-hydrogen) atoms. The first-order valence-electron chi connectivity index (χ1n) is 7.01. The van der Waals surface area contributed by atoms with Gasteiger partial charge in [-0.15, -0.1) is 0 Å². The van der Waals surface area contributed by atoms with E-state index in [1.54, 1.807) is 20.8 Å². The Labute approximate surface area is 122 Å². The minimum Gasteiger partial charge on any atom is -0.459 e. The lowest BCUT2D eigenvalue weighted by Crippen LogP contribution is -2.50. The van der Waals surface area contributed by atoms with Gasteiger partial charge < -0.3 is 4.74 Å². The molecule has 0 aliphatic carbocycles. The quantitative estimate of drug-likeness (QED) is 0.794. The van der Waals surface area contributed by atoms with Gasteiger partial charge in [0.2, 0.25) is 0 Å². The maximum Gasteiger partial charge on any atom is 0.324 e. The molecule has 0 amide bonds. The Balaban J connectivity index is 2.63. The second kappa shape index (κ2) is 6.41. The number of piperidine rings is 1. The van der Waals surface area contributed by atoms with Crippen molar-refractivity contribution in [3.63, 3.8) is 0 Å². The van der Waals surface area contributed by atoms with E-state index >= 15 is 0 Å². The molecule has 7 heteroatoms. The van der Waals surface area contributed by atoms with Gasteiger partial charge in [0.05, 0.1) is 0 Å². The number of rotatable bonds is 4. The number of carbonyl (C=O) groups is 1. The van der Waals surface area contributed by atoms with Gasteiger partial charge in [-0.05, 0) is 46.5 Å². The van der Waals surface area contributed by atoms with Crippen LogP contribution in [0.2, 0.25) is 0 Å². The Bertz CT molecular complexity index is 442. The van der Waals surface area contributed by atoms with Gasteiger partial charge in [0, 0.05) is 13.1 Å². The third-order valence-electron chi connectivity index (χ3n) is 3.05. The number of ether oxygens (including phenoxy) is 1. The van der Waals surface area contributed by atoms with Crippen LogP contribution in [0, 0.1) is 5.92 Å². The molecule has 1 unspecified atom stereocenters. The third kappa shape index (κ3) is 5.38. The molecule has 1 heterocycles. The molecule has 6 nitrogen and oxygen atoms in total. The summed E-state index contributed by atoms with van der Waals surface area (Å²) in [4.78, 5) is 11.8. The molecule has 1 aliphatic heterocycles. The van der Waals surface area contributed by atoms with E-state index in [4.69, 9.17) is 4.74 Å². The number of hydrogen-bond acceptors (Lipinski definition) is 4. The molecule has 0 aromatic heterocycles. The van der Waals surface area contributed by atoms with Gasteiger partial charge in [-0.2, -0.15) is 17.4 Å². The summed E-state index contributed by atoms with van der Waals surface area (Å²) >= 11 is 0. The molecule has 0 saturated carbocycles. The van der Waals surface area contributed by atoms with Gasteiger partial charge in [-0.3, -0.25) is 4.79 Å². The van der Waals surface area contributed by atoms with Crippen LogP contribution in [0.1, 0.15) is 47.5 Å². The van der Waals surface area contributed by atoms with Crippen molar-refractivity contribution in [2.24, 2.45) is 5.92 Å². The second-order valence-electron chi connectivity index (χ2n) is 6.48. The van der Waals surface area contributed by atoms with Crippen LogP contribution in [0.25, 0.3) is 0 Å². The van der Waals surface area contributed by atoms with Crippen LogP contribution in [0.4, 0.5) is 0 Å². The lowest BCUT2D eigenvalue weighted by molar-refractivity contribution is -0.156. The molecular formula is C13H26N2O4S. The molecular weight excluding hydrogens is 280 g/mol. The van der Waals surface area contributed by atoms with Crippen molar-refractivity contribution in [2.75, 3.05) is 13.1 Å². The normalized spacial score (nSPS) is 23.4. The van der Waals surface area contributed by atoms with E-state index in [0.29, 0.717) is 19.0 Å². The summed E-state index contributed by atoms with van der Waals surface area (Å²) in [6, 6.07) is -0.892. The zero-order valence-corrected chi connectivity index (χ0v) is 13.8. The maximum absolute atomic E-state index is 12.2. The van der Waals surface area contributed by atoms with Gasteiger partial charge in [0.1, 0.15) is 11.6 Å². The third-order valence-corrected chi connectivity index (χ3v) is 4.71. The summed E-state index contributed by atoms with van der Waals surface area (Å²) in [5.74, 6) is -0.219. The minimum atomic E-state index is -3.63. The van der Waals surface area contributed by atoms with Crippen LogP contribution >= 0.6 is 0 Å². The predicted molar refractivity (Wildman–Crippen MR) is 77.3 cm³/mol. The molecule has 1 N–H and O–H groups in total. The van der Waals surface area contributed by atoms with E-state index in [1.807, 2.05) is 6.92 Å². The van der Waals surface area contributed by atoms with Crippen molar-refractivity contribution in [3.05, 3.63) is 0 Å². The average Bonchev–Trinajstić information content (AvgIpc) is 2.26. The molecule has 0 radical (unpaired) electrons. The first kappa shape index (κ1) is 17.4. The first-order chi connectivity index (χ1) is 9.01. The molecule has 1 rings (SSSR count). The van der Waals surface area contributed by atoms with Gasteiger partial charge in [-0.1, -0.05) is 6.92 Å². The fourth-order valence-electron chi connectivity index (χ4n) is 2.10. The van der Waals surface area contributed by atoms with Crippen molar-refractivity contribution in [3.8, 4) is 0 Å². The first-order valence-corrected chi connectivity index (χ1v) is 8.45. The molecule has 1 fully saturated rings. The zero-order valence-electron chi connectivity index (χ0n) is 13.0. The standard InChI is InChI=1S/C13H26N2O4S/c1-10-7-6-8-15(9-10)20(17,18)14-11(2)12(16)19-13(3,4)5/h10-11,14H,6-9H2,1-5H3/t10?,11-/m1/s1.